The first-order valence-corrected chi connectivity index (χ1v) is 9.54. The third kappa shape index (κ3) is 3.74. The van der Waals surface area contributed by atoms with Crippen molar-refractivity contribution in [1.82, 2.24) is 4.90 Å². The van der Waals surface area contributed by atoms with Crippen molar-refractivity contribution in [2.45, 2.75) is 32.1 Å². The number of halogens is 1. The van der Waals surface area contributed by atoms with Crippen LogP contribution in [-0.4, -0.2) is 22.6 Å². The number of imide groups is 1. The molecular formula is C17H18INO2S. The molecule has 1 aromatic carbocycles. The van der Waals surface area contributed by atoms with Gasteiger partial charge in [0.15, 0.2) is 0 Å². The Morgan fingerprint density at radius 2 is 1.82 bits per heavy atom. The topological polar surface area (TPSA) is 37.4 Å². The van der Waals surface area contributed by atoms with Crippen LogP contribution in [0.2, 0.25) is 0 Å². The van der Waals surface area contributed by atoms with Crippen LogP contribution in [0.1, 0.15) is 37.7 Å². The van der Waals surface area contributed by atoms with Gasteiger partial charge >= 0.3 is 0 Å². The molecule has 5 heteroatoms. The number of hydrogen-bond donors (Lipinski definition) is 0. The van der Waals surface area contributed by atoms with Gasteiger partial charge in [0, 0.05) is 10.1 Å². The van der Waals surface area contributed by atoms with Crippen LogP contribution in [0.25, 0.3) is 6.08 Å². The maximum atomic E-state index is 12.5. The minimum Gasteiger partial charge on any atom is -0.268 e. The fraction of sp³-hybridized carbons (Fsp3) is 0.412. The summed E-state index contributed by atoms with van der Waals surface area (Å²) in [6, 6.07) is 7.94. The van der Waals surface area contributed by atoms with Crippen LogP contribution in [0.4, 0.5) is 4.79 Å². The first-order chi connectivity index (χ1) is 10.6. The molecule has 0 radical (unpaired) electrons. The molecule has 1 aliphatic heterocycles. The van der Waals surface area contributed by atoms with E-state index >= 15 is 0 Å². The standard InChI is InChI=1S/C17H18INO2S/c18-14-8-6-12(7-9-14)10-15-16(20)19(17(21)22-15)11-13-4-2-1-3-5-13/h6-10,13H,1-5,11H2/b15-10+. The van der Waals surface area contributed by atoms with Crippen LogP contribution >= 0.6 is 34.4 Å². The number of carbonyl (C=O) groups excluding carboxylic acids is 2. The molecule has 0 bridgehead atoms. The van der Waals surface area contributed by atoms with Gasteiger partial charge in [-0.15, -0.1) is 0 Å². The van der Waals surface area contributed by atoms with Gasteiger partial charge in [-0.05, 0) is 76.9 Å². The Labute approximate surface area is 148 Å². The minimum atomic E-state index is -0.126. The zero-order chi connectivity index (χ0) is 15.5. The van der Waals surface area contributed by atoms with E-state index in [0.29, 0.717) is 17.4 Å². The first-order valence-electron chi connectivity index (χ1n) is 7.64. The summed E-state index contributed by atoms with van der Waals surface area (Å²) in [7, 11) is 0. The zero-order valence-electron chi connectivity index (χ0n) is 12.3. The van der Waals surface area contributed by atoms with E-state index in [9.17, 15) is 9.59 Å². The zero-order valence-corrected chi connectivity index (χ0v) is 15.2. The molecule has 0 N–H and O–H groups in total. The van der Waals surface area contributed by atoms with Crippen LogP contribution < -0.4 is 0 Å². The van der Waals surface area contributed by atoms with E-state index in [2.05, 4.69) is 22.6 Å². The van der Waals surface area contributed by atoms with Gasteiger partial charge in [0.25, 0.3) is 11.1 Å². The molecular weight excluding hydrogens is 409 g/mol. The summed E-state index contributed by atoms with van der Waals surface area (Å²) >= 11 is 3.31. The van der Waals surface area contributed by atoms with Crippen molar-refractivity contribution in [3.05, 3.63) is 38.3 Å². The van der Waals surface area contributed by atoms with Crippen LogP contribution in [0, 0.1) is 9.49 Å². The number of benzene rings is 1. The van der Waals surface area contributed by atoms with Crippen molar-refractivity contribution in [2.24, 2.45) is 5.92 Å². The van der Waals surface area contributed by atoms with Crippen molar-refractivity contribution < 1.29 is 9.59 Å². The monoisotopic (exact) mass is 427 g/mol. The fourth-order valence-corrected chi connectivity index (χ4v) is 4.20. The number of amides is 2. The molecule has 0 unspecified atom stereocenters. The Morgan fingerprint density at radius 3 is 2.50 bits per heavy atom. The highest BCUT2D eigenvalue weighted by atomic mass is 127. The molecule has 2 aliphatic rings. The molecule has 0 atom stereocenters. The van der Waals surface area contributed by atoms with E-state index in [1.807, 2.05) is 30.3 Å². The molecule has 1 saturated heterocycles. The Hall–Kier alpha value is -0.820. The highest BCUT2D eigenvalue weighted by molar-refractivity contribution is 14.1. The van der Waals surface area contributed by atoms with Gasteiger partial charge < -0.3 is 0 Å². The minimum absolute atomic E-state index is 0.118. The Kier molecular flexibility index (Phi) is 5.23. The predicted octanol–water partition coefficient (Wildman–Crippen LogP) is 4.91. The highest BCUT2D eigenvalue weighted by Crippen LogP contribution is 2.34. The Balaban J connectivity index is 1.71. The summed E-state index contributed by atoms with van der Waals surface area (Å²) in [5.41, 5.74) is 0.962. The third-order valence-corrected chi connectivity index (χ3v) is 5.83. The van der Waals surface area contributed by atoms with Crippen molar-refractivity contribution >= 4 is 51.6 Å². The van der Waals surface area contributed by atoms with Gasteiger partial charge in [-0.3, -0.25) is 14.5 Å². The lowest BCUT2D eigenvalue weighted by molar-refractivity contribution is -0.123. The van der Waals surface area contributed by atoms with E-state index in [-0.39, 0.29) is 11.1 Å². The molecule has 0 spiro atoms. The summed E-state index contributed by atoms with van der Waals surface area (Å²) in [6.45, 7) is 0.592. The second-order valence-electron chi connectivity index (χ2n) is 5.85. The van der Waals surface area contributed by atoms with Crippen molar-refractivity contribution in [2.75, 3.05) is 6.54 Å². The number of hydrogen-bond acceptors (Lipinski definition) is 3. The molecule has 2 fully saturated rings. The molecule has 1 heterocycles. The Bertz CT molecular complexity index is 606. The molecule has 3 rings (SSSR count). The molecule has 2 amide bonds. The average Bonchev–Trinajstić information content (AvgIpc) is 2.78. The van der Waals surface area contributed by atoms with Gasteiger partial charge in [0.05, 0.1) is 4.91 Å². The summed E-state index contributed by atoms with van der Waals surface area (Å²) in [5.74, 6) is 0.360. The lowest BCUT2D eigenvalue weighted by atomic mass is 9.89. The summed E-state index contributed by atoms with van der Waals surface area (Å²) < 4.78 is 1.15. The molecule has 22 heavy (non-hydrogen) atoms. The van der Waals surface area contributed by atoms with Crippen molar-refractivity contribution in [3.63, 3.8) is 0 Å². The second-order valence-corrected chi connectivity index (χ2v) is 8.09. The Morgan fingerprint density at radius 1 is 1.14 bits per heavy atom. The molecule has 3 nitrogen and oxygen atoms in total. The van der Waals surface area contributed by atoms with Crippen LogP contribution in [0.15, 0.2) is 29.2 Å². The van der Waals surface area contributed by atoms with Gasteiger partial charge in [-0.1, -0.05) is 31.4 Å². The highest BCUT2D eigenvalue weighted by Gasteiger charge is 2.36. The maximum Gasteiger partial charge on any atom is 0.293 e. The predicted molar refractivity (Wildman–Crippen MR) is 98.4 cm³/mol. The molecule has 1 saturated carbocycles. The van der Waals surface area contributed by atoms with Crippen LogP contribution in [0.3, 0.4) is 0 Å². The second kappa shape index (κ2) is 7.17. The van der Waals surface area contributed by atoms with Gasteiger partial charge in [-0.25, -0.2) is 0 Å². The largest absolute Gasteiger partial charge is 0.293 e. The van der Waals surface area contributed by atoms with E-state index in [1.54, 1.807) is 0 Å². The maximum absolute atomic E-state index is 12.5. The summed E-state index contributed by atoms with van der Waals surface area (Å²) in [6.07, 6.45) is 7.82. The number of rotatable bonds is 3. The summed E-state index contributed by atoms with van der Waals surface area (Å²) in [5, 5.41) is -0.118. The quantitative estimate of drug-likeness (QED) is 0.508. The van der Waals surface area contributed by atoms with Crippen LogP contribution in [0.5, 0.6) is 0 Å². The third-order valence-electron chi connectivity index (χ3n) is 4.21. The van der Waals surface area contributed by atoms with E-state index < -0.39 is 0 Å². The molecule has 116 valence electrons. The molecule has 1 aliphatic carbocycles. The van der Waals surface area contributed by atoms with Gasteiger partial charge in [-0.2, -0.15) is 0 Å². The van der Waals surface area contributed by atoms with E-state index in [0.717, 1.165) is 33.7 Å². The van der Waals surface area contributed by atoms with Gasteiger partial charge in [0.2, 0.25) is 0 Å². The van der Waals surface area contributed by atoms with Gasteiger partial charge in [0.1, 0.15) is 0 Å². The number of nitrogens with zero attached hydrogens (tertiary/aromatic N) is 1. The molecule has 0 aromatic heterocycles. The van der Waals surface area contributed by atoms with Crippen molar-refractivity contribution in [1.29, 1.82) is 0 Å². The first kappa shape index (κ1) is 16.1. The average molecular weight is 427 g/mol. The SMILES string of the molecule is O=C1S/C(=C/c2ccc(I)cc2)C(=O)N1CC1CCCCC1. The normalized spacial score (nSPS) is 21.9. The lowest BCUT2D eigenvalue weighted by Crippen LogP contribution is -2.34. The van der Waals surface area contributed by atoms with Crippen LogP contribution in [-0.2, 0) is 4.79 Å². The lowest BCUT2D eigenvalue weighted by Gasteiger charge is -2.25. The number of thioether (sulfide) groups is 1. The summed E-state index contributed by atoms with van der Waals surface area (Å²) in [4.78, 5) is 26.6. The van der Waals surface area contributed by atoms with E-state index in [4.69, 9.17) is 0 Å². The molecule has 1 aromatic rings. The fourth-order valence-electron chi connectivity index (χ4n) is 3.00. The van der Waals surface area contributed by atoms with E-state index in [1.165, 1.54) is 24.2 Å². The van der Waals surface area contributed by atoms with Crippen molar-refractivity contribution in [3.8, 4) is 0 Å². The number of carbonyl (C=O) groups is 2. The smallest absolute Gasteiger partial charge is 0.268 e.